The third kappa shape index (κ3) is 6.54. The van der Waals surface area contributed by atoms with Crippen LogP contribution in [-0.4, -0.2) is 51.2 Å². The molecule has 0 atom stereocenters. The van der Waals surface area contributed by atoms with Gasteiger partial charge in [0.25, 0.3) is 0 Å². The van der Waals surface area contributed by atoms with Crippen molar-refractivity contribution in [1.29, 1.82) is 0 Å². The van der Waals surface area contributed by atoms with Gasteiger partial charge in [0.2, 0.25) is 5.91 Å². The number of hydrogen-bond donors (Lipinski definition) is 1. The lowest BCUT2D eigenvalue weighted by Gasteiger charge is -2.16. The van der Waals surface area contributed by atoms with Gasteiger partial charge in [0.15, 0.2) is 0 Å². The van der Waals surface area contributed by atoms with Gasteiger partial charge in [-0.15, -0.1) is 0 Å². The fraction of sp³-hybridized carbons (Fsp3) is 0.889. The summed E-state index contributed by atoms with van der Waals surface area (Å²) >= 11 is 0. The molecular weight excluding hydrogens is 168 g/mol. The van der Waals surface area contributed by atoms with Gasteiger partial charge in [0, 0.05) is 26.7 Å². The van der Waals surface area contributed by atoms with Crippen LogP contribution in [0.15, 0.2) is 0 Å². The molecule has 13 heavy (non-hydrogen) atoms. The third-order valence-electron chi connectivity index (χ3n) is 1.79. The van der Waals surface area contributed by atoms with E-state index in [4.69, 9.17) is 4.74 Å². The lowest BCUT2D eigenvalue weighted by atomic mass is 10.4. The minimum atomic E-state index is 0.142. The molecule has 0 heterocycles. The Morgan fingerprint density at radius 3 is 2.77 bits per heavy atom. The van der Waals surface area contributed by atoms with Gasteiger partial charge in [-0.3, -0.25) is 4.79 Å². The minimum absolute atomic E-state index is 0.142. The van der Waals surface area contributed by atoms with Crippen LogP contribution in [0.3, 0.4) is 0 Å². The molecule has 0 aromatic heterocycles. The van der Waals surface area contributed by atoms with Crippen LogP contribution in [0.2, 0.25) is 0 Å². The molecule has 0 spiro atoms. The topological polar surface area (TPSA) is 41.6 Å². The Morgan fingerprint density at radius 2 is 2.23 bits per heavy atom. The zero-order chi connectivity index (χ0) is 10.1. The van der Waals surface area contributed by atoms with Crippen LogP contribution in [0.4, 0.5) is 0 Å². The van der Waals surface area contributed by atoms with Crippen molar-refractivity contribution in [3.8, 4) is 0 Å². The number of ether oxygens (including phenoxy) is 1. The molecule has 0 aromatic carbocycles. The summed E-state index contributed by atoms with van der Waals surface area (Å²) in [4.78, 5) is 13.1. The van der Waals surface area contributed by atoms with Gasteiger partial charge < -0.3 is 15.0 Å². The zero-order valence-corrected chi connectivity index (χ0v) is 8.80. The number of likely N-dealkylation sites (N-methyl/N-ethyl adjacent to an activating group) is 2. The first kappa shape index (κ1) is 12.4. The van der Waals surface area contributed by atoms with Crippen molar-refractivity contribution >= 4 is 5.91 Å². The second-order valence-corrected chi connectivity index (χ2v) is 2.87. The highest BCUT2D eigenvalue weighted by atomic mass is 16.5. The Labute approximate surface area is 80.2 Å². The first-order valence-electron chi connectivity index (χ1n) is 4.68. The molecule has 0 aromatic rings. The molecular formula is C9H20N2O2. The van der Waals surface area contributed by atoms with Crippen molar-refractivity contribution in [1.82, 2.24) is 10.2 Å². The summed E-state index contributed by atoms with van der Waals surface area (Å²) in [5, 5.41) is 3.00. The van der Waals surface area contributed by atoms with Gasteiger partial charge >= 0.3 is 0 Å². The molecule has 0 fully saturated rings. The van der Waals surface area contributed by atoms with E-state index < -0.39 is 0 Å². The Bertz CT molecular complexity index is 140. The summed E-state index contributed by atoms with van der Waals surface area (Å²) in [5.41, 5.74) is 0. The maximum Gasteiger partial charge on any atom is 0.224 e. The lowest BCUT2D eigenvalue weighted by molar-refractivity contribution is -0.130. The highest BCUT2D eigenvalue weighted by Gasteiger charge is 2.06. The number of nitrogens with zero attached hydrogens (tertiary/aromatic N) is 1. The van der Waals surface area contributed by atoms with Gasteiger partial charge in [-0.05, 0) is 14.0 Å². The van der Waals surface area contributed by atoms with E-state index in [0.717, 1.165) is 13.1 Å². The van der Waals surface area contributed by atoms with Crippen LogP contribution < -0.4 is 5.32 Å². The van der Waals surface area contributed by atoms with Crippen molar-refractivity contribution in [3.05, 3.63) is 0 Å². The fourth-order valence-corrected chi connectivity index (χ4v) is 0.899. The molecule has 0 aliphatic rings. The van der Waals surface area contributed by atoms with Gasteiger partial charge in [-0.25, -0.2) is 0 Å². The highest BCUT2D eigenvalue weighted by molar-refractivity contribution is 5.75. The van der Waals surface area contributed by atoms with E-state index in [1.165, 1.54) is 0 Å². The number of carbonyl (C=O) groups excluding carboxylic acids is 1. The highest BCUT2D eigenvalue weighted by Crippen LogP contribution is 1.90. The smallest absolute Gasteiger partial charge is 0.224 e. The molecule has 1 N–H and O–H groups in total. The third-order valence-corrected chi connectivity index (χ3v) is 1.79. The summed E-state index contributed by atoms with van der Waals surface area (Å²) < 4.78 is 5.10. The number of amides is 1. The van der Waals surface area contributed by atoms with Crippen LogP contribution >= 0.6 is 0 Å². The number of hydrogen-bond acceptors (Lipinski definition) is 3. The second-order valence-electron chi connectivity index (χ2n) is 2.87. The predicted molar refractivity (Wildman–Crippen MR) is 52.7 cm³/mol. The van der Waals surface area contributed by atoms with Gasteiger partial charge in [0.05, 0.1) is 13.0 Å². The van der Waals surface area contributed by atoms with Crippen molar-refractivity contribution in [2.24, 2.45) is 0 Å². The summed E-state index contributed by atoms with van der Waals surface area (Å²) in [7, 11) is 3.68. The molecule has 0 radical (unpaired) electrons. The monoisotopic (exact) mass is 188 g/mol. The van der Waals surface area contributed by atoms with E-state index in [1.807, 2.05) is 21.0 Å². The van der Waals surface area contributed by atoms with Crippen molar-refractivity contribution < 1.29 is 9.53 Å². The quantitative estimate of drug-likeness (QED) is 0.576. The molecule has 0 aliphatic carbocycles. The van der Waals surface area contributed by atoms with Crippen LogP contribution in [0.25, 0.3) is 0 Å². The molecule has 0 unspecified atom stereocenters. The maximum atomic E-state index is 11.3. The van der Waals surface area contributed by atoms with Crippen LogP contribution in [0.1, 0.15) is 13.3 Å². The van der Waals surface area contributed by atoms with E-state index in [-0.39, 0.29) is 5.91 Å². The van der Waals surface area contributed by atoms with Crippen LogP contribution in [0, 0.1) is 0 Å². The van der Waals surface area contributed by atoms with Crippen molar-refractivity contribution in [2.75, 3.05) is 40.4 Å². The van der Waals surface area contributed by atoms with Crippen molar-refractivity contribution in [3.63, 3.8) is 0 Å². The summed E-state index contributed by atoms with van der Waals surface area (Å²) in [6.45, 7) is 4.71. The van der Waals surface area contributed by atoms with E-state index in [2.05, 4.69) is 5.32 Å². The van der Waals surface area contributed by atoms with Crippen LogP contribution in [0.5, 0.6) is 0 Å². The van der Waals surface area contributed by atoms with E-state index in [9.17, 15) is 4.79 Å². The predicted octanol–water partition coefficient (Wildman–Crippen LogP) is 0.0908. The van der Waals surface area contributed by atoms with E-state index >= 15 is 0 Å². The summed E-state index contributed by atoms with van der Waals surface area (Å²) in [6.07, 6.45) is 0.480. The largest absolute Gasteiger partial charge is 0.381 e. The normalized spacial score (nSPS) is 10.1. The Kier molecular flexibility index (Phi) is 7.63. The molecule has 1 amide bonds. The molecule has 0 rings (SSSR count). The number of rotatable bonds is 7. The first-order chi connectivity index (χ1) is 6.22. The molecule has 0 aliphatic heterocycles. The minimum Gasteiger partial charge on any atom is -0.381 e. The molecule has 0 saturated heterocycles. The Hall–Kier alpha value is -0.610. The Balaban J connectivity index is 3.45. The SMILES string of the molecule is CCOCCC(=O)N(C)CCNC. The Morgan fingerprint density at radius 1 is 1.54 bits per heavy atom. The zero-order valence-electron chi connectivity index (χ0n) is 8.80. The summed E-state index contributed by atoms with van der Waals surface area (Å²) in [6, 6.07) is 0. The number of nitrogens with one attached hydrogen (secondary N) is 1. The van der Waals surface area contributed by atoms with Gasteiger partial charge in [0.1, 0.15) is 0 Å². The first-order valence-corrected chi connectivity index (χ1v) is 4.68. The average molecular weight is 188 g/mol. The van der Waals surface area contributed by atoms with E-state index in [0.29, 0.717) is 19.6 Å². The number of carbonyl (C=O) groups is 1. The molecule has 0 saturated carbocycles. The maximum absolute atomic E-state index is 11.3. The van der Waals surface area contributed by atoms with Crippen LogP contribution in [-0.2, 0) is 9.53 Å². The van der Waals surface area contributed by atoms with E-state index in [1.54, 1.807) is 4.90 Å². The molecule has 0 bridgehead atoms. The summed E-state index contributed by atoms with van der Waals surface area (Å²) in [5.74, 6) is 0.142. The van der Waals surface area contributed by atoms with Crippen molar-refractivity contribution in [2.45, 2.75) is 13.3 Å². The second kappa shape index (κ2) is 8.01. The van der Waals surface area contributed by atoms with Gasteiger partial charge in [-0.1, -0.05) is 0 Å². The molecule has 78 valence electrons. The lowest BCUT2D eigenvalue weighted by Crippen LogP contribution is -2.33. The molecule has 4 nitrogen and oxygen atoms in total. The molecule has 4 heteroatoms. The van der Waals surface area contributed by atoms with Gasteiger partial charge in [-0.2, -0.15) is 0 Å². The average Bonchev–Trinajstić information content (AvgIpc) is 2.14. The fourth-order valence-electron chi connectivity index (χ4n) is 0.899. The standard InChI is InChI=1S/C9H20N2O2/c1-4-13-8-5-9(12)11(3)7-6-10-2/h10H,4-8H2,1-3H3.